The Balaban J connectivity index is 2.70. The monoisotopic (exact) mass is 316 g/mol. The molecule has 0 aliphatic carbocycles. The number of hydrogen-bond acceptors (Lipinski definition) is 4. The van der Waals surface area contributed by atoms with Gasteiger partial charge in [-0.3, -0.25) is 4.79 Å². The molecule has 0 aromatic heterocycles. The molecule has 0 fully saturated rings. The molecule has 21 heavy (non-hydrogen) atoms. The zero-order valence-electron chi connectivity index (χ0n) is 12.4. The number of hydrogen-bond donors (Lipinski definition) is 2. The molecule has 1 rings (SSSR count). The van der Waals surface area contributed by atoms with Crippen molar-refractivity contribution in [3.05, 3.63) is 30.1 Å². The molecule has 0 saturated carbocycles. The summed E-state index contributed by atoms with van der Waals surface area (Å²) >= 11 is 0. The third kappa shape index (κ3) is 5.81. The minimum atomic E-state index is -3.63. The number of nitrogens with one attached hydrogen (secondary N) is 1. The molecule has 0 saturated heterocycles. The van der Waals surface area contributed by atoms with E-state index in [0.717, 1.165) is 12.1 Å². The number of rotatable bonds is 6. The molecule has 1 atom stereocenters. The molecule has 5 nitrogen and oxygen atoms in total. The highest BCUT2D eigenvalue weighted by Crippen LogP contribution is 2.15. The van der Waals surface area contributed by atoms with Gasteiger partial charge < -0.3 is 11.1 Å². The number of benzene rings is 1. The number of carbonyl (C=O) groups excluding carboxylic acids is 1. The van der Waals surface area contributed by atoms with E-state index < -0.39 is 27.1 Å². The third-order valence-corrected chi connectivity index (χ3v) is 4.74. The van der Waals surface area contributed by atoms with Gasteiger partial charge in [-0.15, -0.1) is 0 Å². The molecule has 0 bridgehead atoms. The Labute approximate surface area is 124 Å². The van der Waals surface area contributed by atoms with Crippen LogP contribution in [0.5, 0.6) is 0 Å². The molecule has 1 amide bonds. The summed E-state index contributed by atoms with van der Waals surface area (Å²) < 4.78 is 37.1. The first-order chi connectivity index (χ1) is 9.51. The lowest BCUT2D eigenvalue weighted by Crippen LogP contribution is -2.47. The van der Waals surface area contributed by atoms with E-state index in [9.17, 15) is 17.6 Å². The van der Waals surface area contributed by atoms with Crippen molar-refractivity contribution in [1.82, 2.24) is 5.32 Å². The third-order valence-electron chi connectivity index (χ3n) is 2.81. The zero-order chi connectivity index (χ0) is 16.3. The van der Waals surface area contributed by atoms with Crippen LogP contribution in [0.15, 0.2) is 29.2 Å². The average molecular weight is 316 g/mol. The van der Waals surface area contributed by atoms with E-state index in [1.807, 2.05) is 0 Å². The molecule has 0 aliphatic rings. The summed E-state index contributed by atoms with van der Waals surface area (Å²) in [4.78, 5) is 11.9. The Kier molecular flexibility index (Phi) is 5.47. The van der Waals surface area contributed by atoms with Gasteiger partial charge in [-0.25, -0.2) is 12.8 Å². The van der Waals surface area contributed by atoms with Crippen molar-refractivity contribution >= 4 is 15.7 Å². The fourth-order valence-electron chi connectivity index (χ4n) is 1.63. The fraction of sp³-hybridized carbons (Fsp3) is 0.500. The Bertz CT molecular complexity index is 592. The van der Waals surface area contributed by atoms with Gasteiger partial charge in [0.15, 0.2) is 9.84 Å². The zero-order valence-corrected chi connectivity index (χ0v) is 13.2. The largest absolute Gasteiger partial charge is 0.354 e. The number of sulfone groups is 1. The van der Waals surface area contributed by atoms with E-state index in [0.29, 0.717) is 0 Å². The first kappa shape index (κ1) is 17.6. The number of halogens is 1. The van der Waals surface area contributed by atoms with Crippen LogP contribution < -0.4 is 11.1 Å². The van der Waals surface area contributed by atoms with Crippen LogP contribution in [-0.4, -0.2) is 32.2 Å². The lowest BCUT2D eigenvalue weighted by Gasteiger charge is -2.20. The molecule has 0 radical (unpaired) electrons. The maximum absolute atomic E-state index is 12.8. The van der Waals surface area contributed by atoms with Crippen molar-refractivity contribution in [1.29, 1.82) is 0 Å². The van der Waals surface area contributed by atoms with Crippen LogP contribution in [0.1, 0.15) is 20.8 Å². The maximum Gasteiger partial charge on any atom is 0.223 e. The van der Waals surface area contributed by atoms with E-state index in [4.69, 9.17) is 5.73 Å². The van der Waals surface area contributed by atoms with Crippen molar-refractivity contribution in [2.24, 2.45) is 11.7 Å². The lowest BCUT2D eigenvalue weighted by molar-refractivity contribution is -0.124. The summed E-state index contributed by atoms with van der Waals surface area (Å²) in [5.74, 6) is -1.94. The molecular formula is C14H21FN2O3S. The van der Waals surface area contributed by atoms with Gasteiger partial charge in [0.25, 0.3) is 0 Å². The molecule has 1 unspecified atom stereocenters. The molecule has 0 heterocycles. The van der Waals surface area contributed by atoms with Crippen molar-refractivity contribution in [2.45, 2.75) is 31.2 Å². The first-order valence-electron chi connectivity index (χ1n) is 6.56. The van der Waals surface area contributed by atoms with Gasteiger partial charge in [-0.2, -0.15) is 0 Å². The Morgan fingerprint density at radius 3 is 2.33 bits per heavy atom. The summed E-state index contributed by atoms with van der Waals surface area (Å²) in [5.41, 5.74) is 5.18. The van der Waals surface area contributed by atoms with Crippen LogP contribution in [0.25, 0.3) is 0 Å². The second-order valence-electron chi connectivity index (χ2n) is 5.84. The minimum Gasteiger partial charge on any atom is -0.354 e. The molecule has 118 valence electrons. The first-order valence-corrected chi connectivity index (χ1v) is 8.21. The van der Waals surface area contributed by atoms with Crippen molar-refractivity contribution in [3.8, 4) is 0 Å². The van der Waals surface area contributed by atoms with Crippen LogP contribution in [0, 0.1) is 11.7 Å². The van der Waals surface area contributed by atoms with Gasteiger partial charge in [0.1, 0.15) is 5.82 Å². The van der Waals surface area contributed by atoms with Gasteiger partial charge in [-0.05, 0) is 38.1 Å². The van der Waals surface area contributed by atoms with Gasteiger partial charge in [0.05, 0.1) is 10.6 Å². The van der Waals surface area contributed by atoms with Crippen molar-refractivity contribution in [2.75, 3.05) is 12.3 Å². The Morgan fingerprint density at radius 1 is 1.33 bits per heavy atom. The molecular weight excluding hydrogens is 295 g/mol. The summed E-state index contributed by atoms with van der Waals surface area (Å²) in [5, 5.41) is 2.62. The summed E-state index contributed by atoms with van der Waals surface area (Å²) in [6.07, 6.45) is 0. The fourth-order valence-corrected chi connectivity index (χ4v) is 3.18. The van der Waals surface area contributed by atoms with E-state index >= 15 is 0 Å². The summed E-state index contributed by atoms with van der Waals surface area (Å²) in [6.45, 7) is 5.30. The molecule has 0 spiro atoms. The lowest BCUT2D eigenvalue weighted by atomic mass is 10.1. The topological polar surface area (TPSA) is 89.3 Å². The van der Waals surface area contributed by atoms with Crippen molar-refractivity contribution < 1.29 is 17.6 Å². The Hall–Kier alpha value is -1.47. The smallest absolute Gasteiger partial charge is 0.223 e. The SMILES string of the molecule is CC(CS(=O)(=O)c1ccc(F)cc1)C(=O)NCC(C)(C)N. The molecule has 1 aromatic carbocycles. The molecule has 0 aliphatic heterocycles. The predicted molar refractivity (Wildman–Crippen MR) is 78.9 cm³/mol. The summed E-state index contributed by atoms with van der Waals surface area (Å²) in [7, 11) is -3.63. The van der Waals surface area contributed by atoms with Gasteiger partial charge in [0, 0.05) is 18.0 Å². The quantitative estimate of drug-likeness (QED) is 0.769. The molecule has 3 N–H and O–H groups in total. The Morgan fingerprint density at radius 2 is 1.86 bits per heavy atom. The molecule has 7 heteroatoms. The van der Waals surface area contributed by atoms with Crippen LogP contribution >= 0.6 is 0 Å². The molecule has 1 aromatic rings. The normalized spacial score (nSPS) is 13.8. The highest BCUT2D eigenvalue weighted by Gasteiger charge is 2.24. The average Bonchev–Trinajstić information content (AvgIpc) is 2.35. The van der Waals surface area contributed by atoms with Gasteiger partial charge >= 0.3 is 0 Å². The minimum absolute atomic E-state index is 0.00250. The number of carbonyl (C=O) groups is 1. The predicted octanol–water partition coefficient (Wildman–Crippen LogP) is 1.09. The van der Waals surface area contributed by atoms with E-state index in [2.05, 4.69) is 5.32 Å². The van der Waals surface area contributed by atoms with Crippen LogP contribution in [0.2, 0.25) is 0 Å². The maximum atomic E-state index is 12.8. The second kappa shape index (κ2) is 6.53. The van der Waals surface area contributed by atoms with Crippen LogP contribution in [0.4, 0.5) is 4.39 Å². The van der Waals surface area contributed by atoms with Crippen molar-refractivity contribution in [3.63, 3.8) is 0 Å². The van der Waals surface area contributed by atoms with E-state index in [1.165, 1.54) is 19.1 Å². The van der Waals surface area contributed by atoms with Gasteiger partial charge in [0.2, 0.25) is 5.91 Å². The number of amides is 1. The second-order valence-corrected chi connectivity index (χ2v) is 7.88. The van der Waals surface area contributed by atoms with Gasteiger partial charge in [-0.1, -0.05) is 6.92 Å². The summed E-state index contributed by atoms with van der Waals surface area (Å²) in [6, 6.07) is 4.54. The van der Waals surface area contributed by atoms with Crippen LogP contribution in [0.3, 0.4) is 0 Å². The van der Waals surface area contributed by atoms with Crippen LogP contribution in [-0.2, 0) is 14.6 Å². The van der Waals surface area contributed by atoms with E-state index in [-0.39, 0.29) is 23.1 Å². The van der Waals surface area contributed by atoms with E-state index in [1.54, 1.807) is 13.8 Å². The standard InChI is InChI=1S/C14H21FN2O3S/c1-10(13(18)17-9-14(2,3)16)8-21(19,20)12-6-4-11(15)5-7-12/h4-7,10H,8-9,16H2,1-3H3,(H,17,18). The highest BCUT2D eigenvalue weighted by molar-refractivity contribution is 7.91. The number of nitrogens with two attached hydrogens (primary N) is 1. The highest BCUT2D eigenvalue weighted by atomic mass is 32.2.